The molecule has 1 atom stereocenters. The Bertz CT molecular complexity index is 583. The predicted molar refractivity (Wildman–Crippen MR) is 74.3 cm³/mol. The third-order valence-corrected chi connectivity index (χ3v) is 3.01. The van der Waals surface area contributed by atoms with Crippen LogP contribution in [-0.4, -0.2) is 16.6 Å². The summed E-state index contributed by atoms with van der Waals surface area (Å²) in [4.78, 5) is 18.8. The molecule has 1 aromatic heterocycles. The third kappa shape index (κ3) is 3.22. The van der Waals surface area contributed by atoms with Crippen molar-refractivity contribution in [2.45, 2.75) is 18.9 Å². The molecular formula is C14H15ClN2O2. The lowest BCUT2D eigenvalue weighted by atomic mass is 10.1. The number of rotatable bonds is 5. The minimum Gasteiger partial charge on any atom is -0.366 e. The Morgan fingerprint density at radius 3 is 2.68 bits per heavy atom. The standard InChI is InChI=1S/C14H15ClN2O2/c1-2-19-12(10-6-4-3-5-7-10)13-16-9-11(8-15)14(18)17-13/h3-7,9,12H,2,8H2,1H3,(H,16,17,18). The monoisotopic (exact) mass is 278 g/mol. The van der Waals surface area contributed by atoms with Crippen LogP contribution >= 0.6 is 11.6 Å². The van der Waals surface area contributed by atoms with Gasteiger partial charge in [0.25, 0.3) is 5.56 Å². The topological polar surface area (TPSA) is 55.0 Å². The maximum Gasteiger partial charge on any atom is 0.255 e. The number of H-pyrrole nitrogens is 1. The average Bonchev–Trinajstić information content (AvgIpc) is 2.45. The van der Waals surface area contributed by atoms with Gasteiger partial charge < -0.3 is 9.72 Å². The van der Waals surface area contributed by atoms with Gasteiger partial charge in [0.05, 0.1) is 11.4 Å². The largest absolute Gasteiger partial charge is 0.366 e. The average molecular weight is 279 g/mol. The van der Waals surface area contributed by atoms with Crippen LogP contribution in [-0.2, 0) is 10.6 Å². The van der Waals surface area contributed by atoms with Gasteiger partial charge in [-0.2, -0.15) is 0 Å². The number of ether oxygens (including phenoxy) is 1. The van der Waals surface area contributed by atoms with Crippen molar-refractivity contribution >= 4 is 11.6 Å². The van der Waals surface area contributed by atoms with Crippen molar-refractivity contribution in [2.24, 2.45) is 0 Å². The zero-order valence-electron chi connectivity index (χ0n) is 10.6. The van der Waals surface area contributed by atoms with Crippen LogP contribution in [0.1, 0.15) is 30.0 Å². The van der Waals surface area contributed by atoms with E-state index in [0.29, 0.717) is 18.0 Å². The van der Waals surface area contributed by atoms with Gasteiger partial charge >= 0.3 is 0 Å². The van der Waals surface area contributed by atoms with E-state index in [9.17, 15) is 4.79 Å². The van der Waals surface area contributed by atoms with E-state index < -0.39 is 0 Å². The first-order valence-corrected chi connectivity index (χ1v) is 6.60. The van der Waals surface area contributed by atoms with Crippen molar-refractivity contribution < 1.29 is 4.74 Å². The zero-order chi connectivity index (χ0) is 13.7. The SMILES string of the molecule is CCOC(c1ccccc1)c1ncc(CCl)c(=O)[nH]1. The van der Waals surface area contributed by atoms with Crippen molar-refractivity contribution in [2.75, 3.05) is 6.61 Å². The van der Waals surface area contributed by atoms with Gasteiger partial charge in [0.1, 0.15) is 11.9 Å². The summed E-state index contributed by atoms with van der Waals surface area (Å²) >= 11 is 5.65. The van der Waals surface area contributed by atoms with E-state index in [-0.39, 0.29) is 17.5 Å². The number of aromatic nitrogens is 2. The van der Waals surface area contributed by atoms with E-state index in [4.69, 9.17) is 16.3 Å². The van der Waals surface area contributed by atoms with Gasteiger partial charge in [-0.15, -0.1) is 11.6 Å². The number of alkyl halides is 1. The van der Waals surface area contributed by atoms with Crippen molar-refractivity contribution in [1.29, 1.82) is 0 Å². The van der Waals surface area contributed by atoms with Crippen LogP contribution in [0.25, 0.3) is 0 Å². The fourth-order valence-electron chi connectivity index (χ4n) is 1.79. The molecule has 0 bridgehead atoms. The summed E-state index contributed by atoms with van der Waals surface area (Å²) in [5.74, 6) is 0.639. The van der Waals surface area contributed by atoms with Crippen LogP contribution in [0.5, 0.6) is 0 Å². The molecule has 4 nitrogen and oxygen atoms in total. The molecule has 5 heteroatoms. The molecule has 2 rings (SSSR count). The summed E-state index contributed by atoms with van der Waals surface area (Å²) in [7, 11) is 0. The lowest BCUT2D eigenvalue weighted by Crippen LogP contribution is -2.19. The van der Waals surface area contributed by atoms with E-state index in [1.54, 1.807) is 0 Å². The molecule has 0 saturated carbocycles. The molecule has 100 valence electrons. The summed E-state index contributed by atoms with van der Waals surface area (Å²) in [5.41, 5.74) is 1.18. The number of nitrogens with one attached hydrogen (secondary N) is 1. The molecular weight excluding hydrogens is 264 g/mol. The second kappa shape index (κ2) is 6.50. The first kappa shape index (κ1) is 13.8. The van der Waals surface area contributed by atoms with Gasteiger partial charge in [-0.25, -0.2) is 4.98 Å². The Morgan fingerprint density at radius 1 is 1.37 bits per heavy atom. The minimum absolute atomic E-state index is 0.146. The lowest BCUT2D eigenvalue weighted by molar-refractivity contribution is 0.0849. The van der Waals surface area contributed by atoms with Crippen molar-refractivity contribution in [3.8, 4) is 0 Å². The van der Waals surface area contributed by atoms with Crippen molar-refractivity contribution in [3.63, 3.8) is 0 Å². The number of nitrogens with zero attached hydrogens (tertiary/aromatic N) is 1. The smallest absolute Gasteiger partial charge is 0.255 e. The van der Waals surface area contributed by atoms with E-state index in [2.05, 4.69) is 9.97 Å². The minimum atomic E-state index is -0.372. The summed E-state index contributed by atoms with van der Waals surface area (Å²) in [5, 5.41) is 0. The van der Waals surface area contributed by atoms with Gasteiger partial charge in [0, 0.05) is 12.8 Å². The summed E-state index contributed by atoms with van der Waals surface area (Å²) in [6, 6.07) is 9.66. The predicted octanol–water partition coefficient (Wildman–Crippen LogP) is 2.63. The highest BCUT2D eigenvalue weighted by Gasteiger charge is 2.17. The lowest BCUT2D eigenvalue weighted by Gasteiger charge is -2.16. The molecule has 1 unspecified atom stereocenters. The van der Waals surface area contributed by atoms with Gasteiger partial charge in [-0.1, -0.05) is 30.3 Å². The van der Waals surface area contributed by atoms with Crippen LogP contribution < -0.4 is 5.56 Å². The fourth-order valence-corrected chi connectivity index (χ4v) is 1.98. The number of halogens is 1. The second-order valence-electron chi connectivity index (χ2n) is 4.00. The van der Waals surface area contributed by atoms with Gasteiger partial charge in [-0.3, -0.25) is 4.79 Å². The molecule has 1 aromatic carbocycles. The Morgan fingerprint density at radius 2 is 2.11 bits per heavy atom. The number of hydrogen-bond acceptors (Lipinski definition) is 3. The molecule has 0 spiro atoms. The highest BCUT2D eigenvalue weighted by Crippen LogP contribution is 2.22. The first-order valence-electron chi connectivity index (χ1n) is 6.06. The Labute approximate surface area is 116 Å². The Balaban J connectivity index is 2.40. The number of aromatic amines is 1. The second-order valence-corrected chi connectivity index (χ2v) is 4.27. The molecule has 0 radical (unpaired) electrons. The summed E-state index contributed by atoms with van der Waals surface area (Å²) < 4.78 is 5.68. The fraction of sp³-hybridized carbons (Fsp3) is 0.286. The van der Waals surface area contributed by atoms with Crippen LogP contribution in [0.2, 0.25) is 0 Å². The first-order chi connectivity index (χ1) is 9.26. The Hall–Kier alpha value is -1.65. The molecule has 0 aliphatic rings. The molecule has 0 saturated heterocycles. The highest BCUT2D eigenvalue weighted by molar-refractivity contribution is 6.17. The van der Waals surface area contributed by atoms with Crippen LogP contribution in [0.3, 0.4) is 0 Å². The molecule has 19 heavy (non-hydrogen) atoms. The quantitative estimate of drug-likeness (QED) is 0.856. The van der Waals surface area contributed by atoms with Crippen molar-refractivity contribution in [3.05, 3.63) is 63.8 Å². The van der Waals surface area contributed by atoms with E-state index in [1.165, 1.54) is 6.20 Å². The highest BCUT2D eigenvalue weighted by atomic mass is 35.5. The molecule has 0 fully saturated rings. The van der Waals surface area contributed by atoms with Gasteiger partial charge in [0.15, 0.2) is 0 Å². The van der Waals surface area contributed by atoms with Gasteiger partial charge in [-0.05, 0) is 12.5 Å². The van der Waals surface area contributed by atoms with E-state index >= 15 is 0 Å². The maximum atomic E-state index is 11.8. The number of hydrogen-bond donors (Lipinski definition) is 1. The number of benzene rings is 1. The molecule has 1 heterocycles. The molecule has 0 aliphatic heterocycles. The molecule has 0 amide bonds. The van der Waals surface area contributed by atoms with E-state index in [0.717, 1.165) is 5.56 Å². The summed E-state index contributed by atoms with van der Waals surface area (Å²) in [6.07, 6.45) is 1.12. The third-order valence-electron chi connectivity index (χ3n) is 2.72. The molecule has 1 N–H and O–H groups in total. The molecule has 0 aliphatic carbocycles. The maximum absolute atomic E-state index is 11.8. The van der Waals surface area contributed by atoms with Crippen LogP contribution in [0, 0.1) is 0 Å². The molecule has 2 aromatic rings. The normalized spacial score (nSPS) is 12.3. The Kier molecular flexibility index (Phi) is 4.71. The zero-order valence-corrected chi connectivity index (χ0v) is 11.4. The van der Waals surface area contributed by atoms with Gasteiger partial charge in [0.2, 0.25) is 0 Å². The van der Waals surface area contributed by atoms with Crippen LogP contribution in [0.15, 0.2) is 41.3 Å². The van der Waals surface area contributed by atoms with Crippen molar-refractivity contribution in [1.82, 2.24) is 9.97 Å². The van der Waals surface area contributed by atoms with Crippen LogP contribution in [0.4, 0.5) is 0 Å². The van der Waals surface area contributed by atoms with E-state index in [1.807, 2.05) is 37.3 Å². The summed E-state index contributed by atoms with van der Waals surface area (Å²) in [6.45, 7) is 2.43.